The molecule has 0 aliphatic carbocycles. The van der Waals surface area contributed by atoms with Crippen LogP contribution >= 0.6 is 12.4 Å². The molecule has 3 rings (SSSR count). The quantitative estimate of drug-likeness (QED) is 0.858. The number of halogens is 1. The third-order valence-corrected chi connectivity index (χ3v) is 3.43. The zero-order valence-electron chi connectivity index (χ0n) is 10.8. The lowest BCUT2D eigenvalue weighted by atomic mass is 10.2. The predicted molar refractivity (Wildman–Crippen MR) is 77.8 cm³/mol. The van der Waals surface area contributed by atoms with Gasteiger partial charge in [0.05, 0.1) is 11.0 Å². The number of nitrogens with one attached hydrogen (secondary N) is 1. The summed E-state index contributed by atoms with van der Waals surface area (Å²) in [5.41, 5.74) is 3.47. The van der Waals surface area contributed by atoms with Crippen LogP contribution in [0.2, 0.25) is 0 Å². The van der Waals surface area contributed by atoms with Crippen molar-refractivity contribution in [2.24, 2.45) is 0 Å². The lowest BCUT2D eigenvalue weighted by molar-refractivity contribution is 0.311. The van der Waals surface area contributed by atoms with E-state index in [1.807, 2.05) is 0 Å². The molecule has 0 spiro atoms. The summed E-state index contributed by atoms with van der Waals surface area (Å²) in [7, 11) is 2.17. The highest BCUT2D eigenvalue weighted by Crippen LogP contribution is 2.19. The highest BCUT2D eigenvalue weighted by molar-refractivity contribution is 5.85. The van der Waals surface area contributed by atoms with Crippen LogP contribution in [0.5, 0.6) is 0 Å². The topological polar surface area (TPSA) is 35.2 Å². The molecule has 0 unspecified atom stereocenters. The Balaban J connectivity index is 0.00000120. The highest BCUT2D eigenvalue weighted by atomic mass is 35.5. The molecule has 1 aliphatic heterocycles. The largest absolute Gasteiger partial charge is 0.340 e. The summed E-state index contributed by atoms with van der Waals surface area (Å²) in [6.07, 6.45) is 0. The van der Waals surface area contributed by atoms with Crippen LogP contribution in [0.15, 0.2) is 18.2 Å². The molecule has 1 aliphatic rings. The summed E-state index contributed by atoms with van der Waals surface area (Å²) in [4.78, 5) is 12.8. The smallest absolute Gasteiger partial charge is 0.203 e. The number of H-pyrrole nitrogens is 1. The number of hydrogen-bond acceptors (Lipinski definition) is 3. The molecule has 18 heavy (non-hydrogen) atoms. The zero-order chi connectivity index (χ0) is 11.8. The third-order valence-electron chi connectivity index (χ3n) is 3.43. The maximum absolute atomic E-state index is 4.65. The molecule has 0 bridgehead atoms. The second kappa shape index (κ2) is 5.16. The van der Waals surface area contributed by atoms with E-state index in [2.05, 4.69) is 51.9 Å². The lowest BCUT2D eigenvalue weighted by Crippen LogP contribution is -2.44. The maximum atomic E-state index is 4.65. The van der Waals surface area contributed by atoms with Gasteiger partial charge in [-0.1, -0.05) is 6.07 Å². The minimum absolute atomic E-state index is 0. The number of benzene rings is 1. The average Bonchev–Trinajstić information content (AvgIpc) is 2.72. The van der Waals surface area contributed by atoms with Crippen molar-refractivity contribution < 1.29 is 0 Å². The van der Waals surface area contributed by atoms with Crippen LogP contribution in [-0.2, 0) is 0 Å². The zero-order valence-corrected chi connectivity index (χ0v) is 11.6. The number of rotatable bonds is 1. The van der Waals surface area contributed by atoms with Crippen LogP contribution in [0.25, 0.3) is 11.0 Å². The third kappa shape index (κ3) is 2.44. The van der Waals surface area contributed by atoms with Gasteiger partial charge in [0.15, 0.2) is 0 Å². The number of hydrogen-bond donors (Lipinski definition) is 1. The maximum Gasteiger partial charge on any atom is 0.203 e. The molecule has 1 aromatic carbocycles. The summed E-state index contributed by atoms with van der Waals surface area (Å²) >= 11 is 0. The minimum Gasteiger partial charge on any atom is -0.340 e. The number of aromatic nitrogens is 2. The van der Waals surface area contributed by atoms with Gasteiger partial charge in [0.1, 0.15) is 0 Å². The molecule has 0 atom stereocenters. The van der Waals surface area contributed by atoms with Crippen molar-refractivity contribution in [2.45, 2.75) is 6.92 Å². The summed E-state index contributed by atoms with van der Waals surface area (Å²) in [5, 5.41) is 0. The van der Waals surface area contributed by atoms with Gasteiger partial charge in [-0.2, -0.15) is 0 Å². The monoisotopic (exact) mass is 266 g/mol. The normalized spacial score (nSPS) is 16.9. The Kier molecular flexibility index (Phi) is 3.78. The van der Waals surface area contributed by atoms with Crippen molar-refractivity contribution in [1.82, 2.24) is 14.9 Å². The van der Waals surface area contributed by atoms with E-state index in [-0.39, 0.29) is 12.4 Å². The predicted octanol–water partition coefficient (Wildman–Crippen LogP) is 2.04. The van der Waals surface area contributed by atoms with Crippen molar-refractivity contribution in [1.29, 1.82) is 0 Å². The summed E-state index contributed by atoms with van der Waals surface area (Å²) in [5.74, 6) is 1.01. The molecule has 1 aromatic heterocycles. The number of nitrogens with zero attached hydrogens (tertiary/aromatic N) is 3. The molecule has 2 heterocycles. The van der Waals surface area contributed by atoms with Gasteiger partial charge < -0.3 is 14.8 Å². The fraction of sp³-hybridized carbons (Fsp3) is 0.462. The fourth-order valence-corrected chi connectivity index (χ4v) is 2.28. The van der Waals surface area contributed by atoms with Gasteiger partial charge >= 0.3 is 0 Å². The molecule has 0 radical (unpaired) electrons. The Morgan fingerprint density at radius 2 is 1.89 bits per heavy atom. The number of fused-ring (bicyclic) bond motifs is 1. The Morgan fingerprint density at radius 1 is 1.17 bits per heavy atom. The summed E-state index contributed by atoms with van der Waals surface area (Å²) in [6.45, 7) is 6.42. The van der Waals surface area contributed by atoms with E-state index in [4.69, 9.17) is 0 Å². The standard InChI is InChI=1S/C13H18N4.ClH/c1-10-3-4-11-12(9-10)15-13(14-11)17-7-5-16(2)6-8-17;/h3-4,9H,5-8H2,1-2H3,(H,14,15);1H. The first kappa shape index (κ1) is 13.2. The molecule has 0 saturated carbocycles. The highest BCUT2D eigenvalue weighted by Gasteiger charge is 2.16. The van der Waals surface area contributed by atoms with Gasteiger partial charge in [-0.25, -0.2) is 4.98 Å². The lowest BCUT2D eigenvalue weighted by Gasteiger charge is -2.32. The number of imidazole rings is 1. The van der Waals surface area contributed by atoms with Crippen molar-refractivity contribution in [3.05, 3.63) is 23.8 Å². The Morgan fingerprint density at radius 3 is 2.61 bits per heavy atom. The molecule has 98 valence electrons. The summed E-state index contributed by atoms with van der Waals surface area (Å²) < 4.78 is 0. The molecule has 4 nitrogen and oxygen atoms in total. The Labute approximate surface area is 113 Å². The van der Waals surface area contributed by atoms with Gasteiger partial charge in [0, 0.05) is 26.2 Å². The first-order valence-corrected chi connectivity index (χ1v) is 6.12. The first-order valence-electron chi connectivity index (χ1n) is 6.12. The van der Waals surface area contributed by atoms with E-state index >= 15 is 0 Å². The van der Waals surface area contributed by atoms with Gasteiger partial charge in [-0.3, -0.25) is 0 Å². The van der Waals surface area contributed by atoms with E-state index in [9.17, 15) is 0 Å². The SMILES string of the molecule is Cc1ccc2nc(N3CCN(C)CC3)[nH]c2c1.Cl. The fourth-order valence-electron chi connectivity index (χ4n) is 2.28. The molecular weight excluding hydrogens is 248 g/mol. The van der Waals surface area contributed by atoms with Gasteiger partial charge in [0.2, 0.25) is 5.95 Å². The number of aromatic amines is 1. The van der Waals surface area contributed by atoms with Crippen LogP contribution in [-0.4, -0.2) is 48.1 Å². The molecule has 5 heteroatoms. The second-order valence-electron chi connectivity index (χ2n) is 4.87. The number of anilines is 1. The van der Waals surface area contributed by atoms with Crippen molar-refractivity contribution in [3.63, 3.8) is 0 Å². The molecule has 1 fully saturated rings. The van der Waals surface area contributed by atoms with E-state index in [1.165, 1.54) is 5.56 Å². The number of piperazine rings is 1. The van der Waals surface area contributed by atoms with Crippen molar-refractivity contribution in [2.75, 3.05) is 38.1 Å². The van der Waals surface area contributed by atoms with Crippen LogP contribution in [0.4, 0.5) is 5.95 Å². The molecule has 2 aromatic rings. The Hall–Kier alpha value is -1.26. The van der Waals surface area contributed by atoms with E-state index in [1.54, 1.807) is 0 Å². The van der Waals surface area contributed by atoms with E-state index in [0.29, 0.717) is 0 Å². The molecule has 1 saturated heterocycles. The molecule has 1 N–H and O–H groups in total. The number of likely N-dealkylation sites (N-methyl/N-ethyl adjacent to an activating group) is 1. The van der Waals surface area contributed by atoms with Gasteiger partial charge in [-0.05, 0) is 31.7 Å². The van der Waals surface area contributed by atoms with Crippen LogP contribution in [0.1, 0.15) is 5.56 Å². The van der Waals surface area contributed by atoms with Gasteiger partial charge in [0.25, 0.3) is 0 Å². The molecular formula is C13H19ClN4. The van der Waals surface area contributed by atoms with Crippen molar-refractivity contribution >= 4 is 29.4 Å². The molecule has 0 amide bonds. The van der Waals surface area contributed by atoms with Crippen LogP contribution < -0.4 is 4.90 Å². The second-order valence-corrected chi connectivity index (χ2v) is 4.87. The van der Waals surface area contributed by atoms with E-state index in [0.717, 1.165) is 43.2 Å². The van der Waals surface area contributed by atoms with E-state index < -0.39 is 0 Å². The average molecular weight is 267 g/mol. The number of aryl methyl sites for hydroxylation is 1. The summed E-state index contributed by atoms with van der Waals surface area (Å²) in [6, 6.07) is 6.35. The van der Waals surface area contributed by atoms with Crippen LogP contribution in [0, 0.1) is 6.92 Å². The first-order chi connectivity index (χ1) is 8.22. The Bertz CT molecular complexity index is 529. The van der Waals surface area contributed by atoms with Crippen molar-refractivity contribution in [3.8, 4) is 0 Å². The minimum atomic E-state index is 0. The van der Waals surface area contributed by atoms with Crippen LogP contribution in [0.3, 0.4) is 0 Å². The van der Waals surface area contributed by atoms with Gasteiger partial charge in [-0.15, -0.1) is 12.4 Å².